The minimum absolute atomic E-state index is 0.00404. The molecule has 2 aliphatic heterocycles. The second-order valence-electron chi connectivity index (χ2n) is 11.5. The minimum Gasteiger partial charge on any atom is -0.383 e. The second-order valence-corrected chi connectivity index (χ2v) is 11.5. The van der Waals surface area contributed by atoms with E-state index in [9.17, 15) is 27.2 Å². The van der Waals surface area contributed by atoms with Crippen LogP contribution in [0.1, 0.15) is 63.1 Å². The van der Waals surface area contributed by atoms with Gasteiger partial charge in [-0.3, -0.25) is 9.59 Å². The van der Waals surface area contributed by atoms with Crippen molar-refractivity contribution in [2.45, 2.75) is 57.4 Å². The van der Waals surface area contributed by atoms with E-state index in [0.29, 0.717) is 41.0 Å². The van der Waals surface area contributed by atoms with Crippen molar-refractivity contribution in [3.05, 3.63) is 97.8 Å². The molecule has 0 spiro atoms. The summed E-state index contributed by atoms with van der Waals surface area (Å²) >= 11 is 0. The summed E-state index contributed by atoms with van der Waals surface area (Å²) in [5, 5.41) is 15.8. The maximum absolute atomic E-state index is 15.0. The average Bonchev–Trinajstić information content (AvgIpc) is 3.73. The van der Waals surface area contributed by atoms with E-state index in [1.165, 1.54) is 17.0 Å². The van der Waals surface area contributed by atoms with Gasteiger partial charge in [0.1, 0.15) is 17.2 Å². The van der Waals surface area contributed by atoms with Gasteiger partial charge in [-0.05, 0) is 66.6 Å². The van der Waals surface area contributed by atoms with Crippen LogP contribution in [0.15, 0.2) is 47.4 Å². The van der Waals surface area contributed by atoms with E-state index >= 15 is 0 Å². The third-order valence-corrected chi connectivity index (χ3v) is 8.18. The van der Waals surface area contributed by atoms with Crippen LogP contribution in [0, 0.1) is 5.82 Å². The van der Waals surface area contributed by atoms with E-state index in [4.69, 9.17) is 0 Å². The third kappa shape index (κ3) is 5.91. The number of amides is 1. The van der Waals surface area contributed by atoms with Crippen LogP contribution < -0.4 is 21.5 Å². The van der Waals surface area contributed by atoms with Gasteiger partial charge < -0.3 is 20.9 Å². The Bertz CT molecular complexity index is 1870. The van der Waals surface area contributed by atoms with Crippen molar-refractivity contribution >= 4 is 29.0 Å². The molecule has 0 radical (unpaired) electrons. The SMILES string of the molecule is O=C(c1cc(Cc2n[nH]c(=O)c3c2NCCC3)ccc1F)N1Cc2ccc(Nc3ncc(C(F)(F)F)c(NC4CC4)n3)cc2C1. The Balaban J connectivity index is 1.07. The molecule has 232 valence electrons. The van der Waals surface area contributed by atoms with Crippen LogP contribution in [0.2, 0.25) is 0 Å². The summed E-state index contributed by atoms with van der Waals surface area (Å²) in [5.74, 6) is -1.38. The second kappa shape index (κ2) is 11.2. The number of benzene rings is 2. The van der Waals surface area contributed by atoms with Gasteiger partial charge in [0.2, 0.25) is 5.95 Å². The van der Waals surface area contributed by atoms with E-state index in [1.54, 1.807) is 18.2 Å². The summed E-state index contributed by atoms with van der Waals surface area (Å²) in [5.41, 5.74) is 3.62. The van der Waals surface area contributed by atoms with Crippen molar-refractivity contribution in [1.29, 1.82) is 0 Å². The highest BCUT2D eigenvalue weighted by Gasteiger charge is 2.37. The number of aromatic amines is 1. The molecule has 3 aliphatic rings. The Morgan fingerprint density at radius 3 is 2.71 bits per heavy atom. The van der Waals surface area contributed by atoms with E-state index in [1.807, 2.05) is 6.07 Å². The van der Waals surface area contributed by atoms with E-state index in [-0.39, 0.29) is 42.0 Å². The third-order valence-electron chi connectivity index (χ3n) is 8.18. The number of anilines is 4. The zero-order valence-electron chi connectivity index (χ0n) is 23.9. The Kier molecular flexibility index (Phi) is 7.13. The lowest BCUT2D eigenvalue weighted by Gasteiger charge is -2.20. The highest BCUT2D eigenvalue weighted by molar-refractivity contribution is 5.95. The van der Waals surface area contributed by atoms with Gasteiger partial charge in [-0.15, -0.1) is 0 Å². The number of carbonyl (C=O) groups excluding carboxylic acids is 1. The fourth-order valence-electron chi connectivity index (χ4n) is 5.72. The maximum Gasteiger partial charge on any atom is 0.421 e. The summed E-state index contributed by atoms with van der Waals surface area (Å²) in [6.45, 7) is 1.21. The lowest BCUT2D eigenvalue weighted by atomic mass is 10.00. The molecule has 1 amide bonds. The first-order valence-corrected chi connectivity index (χ1v) is 14.6. The summed E-state index contributed by atoms with van der Waals surface area (Å²) in [7, 11) is 0. The average molecular weight is 621 g/mol. The quantitative estimate of drug-likeness (QED) is 0.209. The molecule has 45 heavy (non-hydrogen) atoms. The van der Waals surface area contributed by atoms with Gasteiger partial charge in [0.05, 0.1) is 16.9 Å². The topological polar surface area (TPSA) is 128 Å². The molecule has 14 heteroatoms. The van der Waals surface area contributed by atoms with Crippen molar-refractivity contribution in [3.8, 4) is 0 Å². The van der Waals surface area contributed by atoms with Crippen LogP contribution in [-0.2, 0) is 32.1 Å². The standard InChI is InChI=1S/C31H28F4N8O2/c32-24-8-3-16(11-25-26-21(2-1-9-36-26)28(44)42-41-25)10-22(24)29(45)43-14-17-4-5-20(12-18(17)15-43)39-30-37-13-23(31(33,34)35)27(40-30)38-19-6-7-19/h3-5,8,10,12-13,19,36H,1-2,6-7,9,11,14-15H2,(H,42,44)(H2,37,38,39,40). The predicted molar refractivity (Wildman–Crippen MR) is 158 cm³/mol. The molecule has 0 bridgehead atoms. The van der Waals surface area contributed by atoms with Crippen LogP contribution >= 0.6 is 0 Å². The lowest BCUT2D eigenvalue weighted by Crippen LogP contribution is -2.26. The molecular weight excluding hydrogens is 592 g/mol. The Hall–Kier alpha value is -5.01. The number of fused-ring (bicyclic) bond motifs is 2. The van der Waals surface area contributed by atoms with Crippen LogP contribution in [0.3, 0.4) is 0 Å². The van der Waals surface area contributed by atoms with Gasteiger partial charge >= 0.3 is 6.18 Å². The fourth-order valence-corrected chi connectivity index (χ4v) is 5.72. The zero-order chi connectivity index (χ0) is 31.3. The van der Waals surface area contributed by atoms with Crippen LogP contribution in [0.5, 0.6) is 0 Å². The Labute approximate surface area is 254 Å². The zero-order valence-corrected chi connectivity index (χ0v) is 23.9. The number of alkyl halides is 3. The Morgan fingerprint density at radius 1 is 1.09 bits per heavy atom. The molecule has 1 aliphatic carbocycles. The summed E-state index contributed by atoms with van der Waals surface area (Å²) in [6, 6.07) is 9.66. The molecule has 1 fully saturated rings. The van der Waals surface area contributed by atoms with Gasteiger partial charge in [-0.2, -0.15) is 23.3 Å². The van der Waals surface area contributed by atoms with Gasteiger partial charge in [0, 0.05) is 49.5 Å². The number of rotatable bonds is 7. The number of hydrogen-bond acceptors (Lipinski definition) is 8. The number of nitrogens with zero attached hydrogens (tertiary/aromatic N) is 4. The number of carbonyl (C=O) groups is 1. The summed E-state index contributed by atoms with van der Waals surface area (Å²) < 4.78 is 55.3. The van der Waals surface area contributed by atoms with Crippen molar-refractivity contribution in [2.75, 3.05) is 22.5 Å². The summed E-state index contributed by atoms with van der Waals surface area (Å²) in [4.78, 5) is 35.2. The molecule has 1 saturated carbocycles. The molecule has 2 aromatic carbocycles. The summed E-state index contributed by atoms with van der Waals surface area (Å²) in [6.07, 6.45) is -0.489. The highest BCUT2D eigenvalue weighted by atomic mass is 19.4. The molecule has 10 nitrogen and oxygen atoms in total. The van der Waals surface area contributed by atoms with E-state index in [0.717, 1.165) is 43.1 Å². The number of H-pyrrole nitrogens is 1. The normalized spacial score (nSPS) is 15.7. The molecule has 4 N–H and O–H groups in total. The van der Waals surface area contributed by atoms with Crippen molar-refractivity contribution in [2.24, 2.45) is 0 Å². The van der Waals surface area contributed by atoms with Gasteiger partial charge in [-0.1, -0.05) is 12.1 Å². The monoisotopic (exact) mass is 620 g/mol. The molecule has 0 unspecified atom stereocenters. The van der Waals surface area contributed by atoms with Crippen LogP contribution in [0.4, 0.5) is 40.7 Å². The number of nitrogens with one attached hydrogen (secondary N) is 4. The molecule has 0 atom stereocenters. The molecule has 0 saturated heterocycles. The molecule has 2 aromatic heterocycles. The lowest BCUT2D eigenvalue weighted by molar-refractivity contribution is -0.137. The van der Waals surface area contributed by atoms with E-state index < -0.39 is 23.5 Å². The van der Waals surface area contributed by atoms with Crippen molar-refractivity contribution in [1.82, 2.24) is 25.1 Å². The first-order chi connectivity index (χ1) is 21.6. The molecule has 4 heterocycles. The van der Waals surface area contributed by atoms with Crippen molar-refractivity contribution in [3.63, 3.8) is 0 Å². The number of hydrogen-bond donors (Lipinski definition) is 4. The first kappa shape index (κ1) is 28.7. The number of halogens is 4. The Morgan fingerprint density at radius 2 is 1.91 bits per heavy atom. The molecule has 4 aromatic rings. The molecule has 7 rings (SSSR count). The maximum atomic E-state index is 15.0. The smallest absolute Gasteiger partial charge is 0.383 e. The van der Waals surface area contributed by atoms with Gasteiger partial charge in [-0.25, -0.2) is 14.5 Å². The van der Waals surface area contributed by atoms with Crippen LogP contribution in [-0.4, -0.2) is 43.6 Å². The van der Waals surface area contributed by atoms with Crippen LogP contribution in [0.25, 0.3) is 0 Å². The minimum atomic E-state index is -4.59. The first-order valence-electron chi connectivity index (χ1n) is 14.6. The fraction of sp³-hybridized carbons (Fsp3) is 0.323. The van der Waals surface area contributed by atoms with Crippen molar-refractivity contribution < 1.29 is 22.4 Å². The number of aromatic nitrogens is 4. The van der Waals surface area contributed by atoms with E-state index in [2.05, 4.69) is 36.1 Å². The highest BCUT2D eigenvalue weighted by Crippen LogP contribution is 2.37. The predicted octanol–water partition coefficient (Wildman–Crippen LogP) is 5.14. The van der Waals surface area contributed by atoms with Gasteiger partial charge in [0.15, 0.2) is 0 Å². The van der Waals surface area contributed by atoms with Gasteiger partial charge in [0.25, 0.3) is 11.5 Å². The largest absolute Gasteiger partial charge is 0.421 e. The molecular formula is C31H28F4N8O2.